The number of carbonyl (C=O) groups is 1. The Morgan fingerprint density at radius 2 is 2.33 bits per heavy atom. The molecule has 2 aromatic heterocycles. The molecule has 0 aliphatic heterocycles. The molecule has 0 radical (unpaired) electrons. The molecular weight excluding hydrogens is 308 g/mol. The van der Waals surface area contributed by atoms with Gasteiger partial charge in [0.25, 0.3) is 5.91 Å². The van der Waals surface area contributed by atoms with Gasteiger partial charge in [0.2, 0.25) is 0 Å². The van der Waals surface area contributed by atoms with Gasteiger partial charge in [0.15, 0.2) is 0 Å². The standard InChI is InChI=1S/C14H13ClN4OS/c1-19-6-5-17-10(19)7-18-14(20)13-12(16)11-8(15)3-2-4-9(11)21-13/h2-6H,7,16H2,1H3,(H,18,20). The van der Waals surface area contributed by atoms with Crippen LogP contribution in [0, 0.1) is 0 Å². The highest BCUT2D eigenvalue weighted by atomic mass is 35.5. The molecule has 21 heavy (non-hydrogen) atoms. The molecule has 0 spiro atoms. The molecule has 0 saturated heterocycles. The molecular formula is C14H13ClN4OS. The number of thiophene rings is 1. The van der Waals surface area contributed by atoms with Gasteiger partial charge in [-0.25, -0.2) is 4.98 Å². The van der Waals surface area contributed by atoms with Gasteiger partial charge >= 0.3 is 0 Å². The Morgan fingerprint density at radius 3 is 3.00 bits per heavy atom. The fraction of sp³-hybridized carbons (Fsp3) is 0.143. The maximum absolute atomic E-state index is 12.3. The number of nitrogen functional groups attached to an aromatic ring is 1. The number of amides is 1. The van der Waals surface area contributed by atoms with Crippen LogP contribution in [0.25, 0.3) is 10.1 Å². The van der Waals surface area contributed by atoms with E-state index in [-0.39, 0.29) is 5.91 Å². The molecule has 0 fully saturated rings. The van der Waals surface area contributed by atoms with Crippen molar-refractivity contribution in [2.45, 2.75) is 6.54 Å². The van der Waals surface area contributed by atoms with Gasteiger partial charge in [0, 0.05) is 29.5 Å². The van der Waals surface area contributed by atoms with Crippen molar-refractivity contribution in [3.05, 3.63) is 46.3 Å². The zero-order valence-corrected chi connectivity index (χ0v) is 12.8. The quantitative estimate of drug-likeness (QED) is 0.779. The molecule has 3 rings (SSSR count). The topological polar surface area (TPSA) is 72.9 Å². The average molecular weight is 321 g/mol. The fourth-order valence-corrected chi connectivity index (χ4v) is 3.50. The maximum atomic E-state index is 12.3. The van der Waals surface area contributed by atoms with Crippen molar-refractivity contribution in [1.29, 1.82) is 0 Å². The van der Waals surface area contributed by atoms with E-state index in [9.17, 15) is 4.79 Å². The first kappa shape index (κ1) is 13.9. The number of rotatable bonds is 3. The van der Waals surface area contributed by atoms with E-state index in [0.29, 0.717) is 22.1 Å². The Hall–Kier alpha value is -2.05. The highest BCUT2D eigenvalue weighted by Gasteiger charge is 2.18. The van der Waals surface area contributed by atoms with Gasteiger partial charge in [-0.05, 0) is 12.1 Å². The van der Waals surface area contributed by atoms with Crippen LogP contribution >= 0.6 is 22.9 Å². The second kappa shape index (κ2) is 5.38. The second-order valence-electron chi connectivity index (χ2n) is 4.59. The van der Waals surface area contributed by atoms with Crippen LogP contribution in [-0.4, -0.2) is 15.5 Å². The summed E-state index contributed by atoms with van der Waals surface area (Å²) < 4.78 is 2.76. The molecule has 2 heterocycles. The van der Waals surface area contributed by atoms with Gasteiger partial charge in [-0.2, -0.15) is 0 Å². The van der Waals surface area contributed by atoms with Crippen molar-refractivity contribution >= 4 is 44.6 Å². The average Bonchev–Trinajstić information content (AvgIpc) is 3.01. The number of hydrogen-bond acceptors (Lipinski definition) is 4. The van der Waals surface area contributed by atoms with E-state index in [1.165, 1.54) is 11.3 Å². The number of aryl methyl sites for hydroxylation is 1. The number of anilines is 1. The third kappa shape index (κ3) is 2.48. The number of benzene rings is 1. The van der Waals surface area contributed by atoms with Gasteiger partial charge in [-0.3, -0.25) is 4.79 Å². The molecule has 108 valence electrons. The van der Waals surface area contributed by atoms with Crippen LogP contribution in [0.4, 0.5) is 5.69 Å². The number of fused-ring (bicyclic) bond motifs is 1. The number of nitrogens with two attached hydrogens (primary N) is 1. The van der Waals surface area contributed by atoms with Gasteiger partial charge in [0.1, 0.15) is 10.7 Å². The minimum Gasteiger partial charge on any atom is -0.397 e. The molecule has 3 N–H and O–H groups in total. The number of imidazole rings is 1. The van der Waals surface area contributed by atoms with Crippen LogP contribution in [-0.2, 0) is 13.6 Å². The predicted molar refractivity (Wildman–Crippen MR) is 85.6 cm³/mol. The lowest BCUT2D eigenvalue weighted by Crippen LogP contribution is -2.24. The lowest BCUT2D eigenvalue weighted by molar-refractivity contribution is 0.0954. The number of nitrogens with zero attached hydrogens (tertiary/aromatic N) is 2. The van der Waals surface area contributed by atoms with E-state index in [2.05, 4.69) is 10.3 Å². The Morgan fingerprint density at radius 1 is 1.52 bits per heavy atom. The predicted octanol–water partition coefficient (Wildman–Crippen LogP) is 2.80. The van der Waals surface area contributed by atoms with Gasteiger partial charge in [-0.15, -0.1) is 11.3 Å². The molecule has 0 saturated carbocycles. The van der Waals surface area contributed by atoms with Crippen molar-refractivity contribution in [3.63, 3.8) is 0 Å². The number of nitrogens with one attached hydrogen (secondary N) is 1. The van der Waals surface area contributed by atoms with E-state index < -0.39 is 0 Å². The molecule has 3 aromatic rings. The first-order valence-corrected chi connectivity index (χ1v) is 7.48. The van der Waals surface area contributed by atoms with Crippen molar-refractivity contribution in [3.8, 4) is 0 Å². The first-order valence-electron chi connectivity index (χ1n) is 6.29. The summed E-state index contributed by atoms with van der Waals surface area (Å²) in [6, 6.07) is 5.51. The lowest BCUT2D eigenvalue weighted by atomic mass is 10.2. The van der Waals surface area contributed by atoms with E-state index in [0.717, 1.165) is 15.9 Å². The van der Waals surface area contributed by atoms with Crippen LogP contribution in [0.15, 0.2) is 30.6 Å². The van der Waals surface area contributed by atoms with Gasteiger partial charge < -0.3 is 15.6 Å². The summed E-state index contributed by atoms with van der Waals surface area (Å²) in [7, 11) is 1.88. The van der Waals surface area contributed by atoms with Gasteiger partial charge in [-0.1, -0.05) is 17.7 Å². The molecule has 0 bridgehead atoms. The highest BCUT2D eigenvalue weighted by molar-refractivity contribution is 7.21. The van der Waals surface area contributed by atoms with Crippen LogP contribution in [0.3, 0.4) is 0 Å². The first-order chi connectivity index (χ1) is 10.1. The van der Waals surface area contributed by atoms with Crippen LogP contribution in [0.2, 0.25) is 5.02 Å². The molecule has 0 atom stereocenters. The Kier molecular flexibility index (Phi) is 3.57. The SMILES string of the molecule is Cn1ccnc1CNC(=O)c1sc2cccc(Cl)c2c1N. The van der Waals surface area contributed by atoms with Crippen LogP contribution in [0.1, 0.15) is 15.5 Å². The number of carbonyl (C=O) groups excluding carboxylic acids is 1. The Balaban J connectivity index is 1.87. The van der Waals surface area contributed by atoms with Gasteiger partial charge in [0.05, 0.1) is 17.3 Å². The normalized spacial score (nSPS) is 11.0. The van der Waals surface area contributed by atoms with Crippen molar-refractivity contribution in [1.82, 2.24) is 14.9 Å². The summed E-state index contributed by atoms with van der Waals surface area (Å²) >= 11 is 7.48. The smallest absolute Gasteiger partial charge is 0.263 e. The number of hydrogen-bond donors (Lipinski definition) is 2. The van der Waals surface area contributed by atoms with E-state index >= 15 is 0 Å². The second-order valence-corrected chi connectivity index (χ2v) is 6.05. The Bertz CT molecular complexity index is 824. The third-order valence-electron chi connectivity index (χ3n) is 3.24. The molecule has 1 amide bonds. The summed E-state index contributed by atoms with van der Waals surface area (Å²) in [6.07, 6.45) is 3.52. The third-order valence-corrected chi connectivity index (χ3v) is 4.72. The Labute approximate surface area is 130 Å². The van der Waals surface area contributed by atoms with E-state index in [1.54, 1.807) is 12.3 Å². The van der Waals surface area contributed by atoms with E-state index in [4.69, 9.17) is 17.3 Å². The minimum absolute atomic E-state index is 0.215. The molecule has 0 aliphatic carbocycles. The summed E-state index contributed by atoms with van der Waals surface area (Å²) in [4.78, 5) is 16.9. The highest BCUT2D eigenvalue weighted by Crippen LogP contribution is 2.37. The number of aromatic nitrogens is 2. The summed E-state index contributed by atoms with van der Waals surface area (Å²) in [5.41, 5.74) is 6.49. The van der Waals surface area contributed by atoms with Crippen molar-refractivity contribution in [2.75, 3.05) is 5.73 Å². The molecule has 0 unspecified atom stereocenters. The monoisotopic (exact) mass is 320 g/mol. The fourth-order valence-electron chi connectivity index (χ4n) is 2.10. The van der Waals surface area contributed by atoms with Crippen LogP contribution in [0.5, 0.6) is 0 Å². The van der Waals surface area contributed by atoms with E-state index in [1.807, 2.05) is 29.9 Å². The molecule has 7 heteroatoms. The molecule has 0 aliphatic rings. The maximum Gasteiger partial charge on any atom is 0.263 e. The van der Waals surface area contributed by atoms with Crippen molar-refractivity contribution < 1.29 is 4.79 Å². The van der Waals surface area contributed by atoms with Crippen molar-refractivity contribution in [2.24, 2.45) is 7.05 Å². The number of halogens is 1. The lowest BCUT2D eigenvalue weighted by Gasteiger charge is -2.04. The summed E-state index contributed by atoms with van der Waals surface area (Å²) in [5.74, 6) is 0.564. The summed E-state index contributed by atoms with van der Waals surface area (Å²) in [5, 5.41) is 4.13. The molecule has 1 aromatic carbocycles. The zero-order chi connectivity index (χ0) is 15.0. The molecule has 5 nitrogen and oxygen atoms in total. The van der Waals surface area contributed by atoms with Crippen LogP contribution < -0.4 is 11.1 Å². The zero-order valence-electron chi connectivity index (χ0n) is 11.3. The summed E-state index contributed by atoms with van der Waals surface area (Å²) in [6.45, 7) is 0.351. The minimum atomic E-state index is -0.215. The largest absolute Gasteiger partial charge is 0.397 e.